The summed E-state index contributed by atoms with van der Waals surface area (Å²) in [4.78, 5) is 4.35. The van der Waals surface area contributed by atoms with Gasteiger partial charge in [0.05, 0.1) is 17.1 Å². The summed E-state index contributed by atoms with van der Waals surface area (Å²) in [7, 11) is -1.94. The summed E-state index contributed by atoms with van der Waals surface area (Å²) in [6, 6.07) is 13.5. The summed E-state index contributed by atoms with van der Waals surface area (Å²) in [6.07, 6.45) is 3.31. The topological polar surface area (TPSA) is 88.9 Å². The molecule has 0 aliphatic heterocycles. The summed E-state index contributed by atoms with van der Waals surface area (Å²) in [6.45, 7) is 4.35. The van der Waals surface area contributed by atoms with Gasteiger partial charge in [-0.3, -0.25) is 9.40 Å². The Morgan fingerprint density at radius 3 is 2.43 bits per heavy atom. The molecular weight excluding hydrogens is 374 g/mol. The van der Waals surface area contributed by atoms with Crippen LogP contribution in [-0.4, -0.2) is 29.7 Å². The SMILES string of the molecule is Cc1nn(C)c(C)c1NS(=O)(=O)c1ccc(NCCCc2ccccc2)nc1. The summed E-state index contributed by atoms with van der Waals surface area (Å²) < 4.78 is 29.5. The molecule has 7 nitrogen and oxygen atoms in total. The van der Waals surface area contributed by atoms with Crippen molar-refractivity contribution in [1.82, 2.24) is 14.8 Å². The number of benzene rings is 1. The number of hydrogen-bond donors (Lipinski definition) is 2. The van der Waals surface area contributed by atoms with Gasteiger partial charge in [-0.05, 0) is 44.4 Å². The molecule has 0 spiro atoms. The van der Waals surface area contributed by atoms with E-state index in [4.69, 9.17) is 0 Å². The molecule has 2 aromatic heterocycles. The second-order valence-electron chi connectivity index (χ2n) is 6.67. The van der Waals surface area contributed by atoms with Crippen LogP contribution in [0.3, 0.4) is 0 Å². The van der Waals surface area contributed by atoms with Crippen LogP contribution in [0.25, 0.3) is 0 Å². The van der Waals surface area contributed by atoms with Crippen LogP contribution in [0.5, 0.6) is 0 Å². The van der Waals surface area contributed by atoms with E-state index in [0.717, 1.165) is 25.1 Å². The number of pyridine rings is 1. The van der Waals surface area contributed by atoms with E-state index in [-0.39, 0.29) is 4.90 Å². The molecule has 2 heterocycles. The van der Waals surface area contributed by atoms with E-state index in [0.29, 0.717) is 17.2 Å². The van der Waals surface area contributed by atoms with Crippen LogP contribution in [0.4, 0.5) is 11.5 Å². The number of rotatable bonds is 8. The minimum Gasteiger partial charge on any atom is -0.370 e. The fourth-order valence-corrected chi connectivity index (χ4v) is 4.03. The molecule has 0 saturated heterocycles. The lowest BCUT2D eigenvalue weighted by Gasteiger charge is -2.10. The van der Waals surface area contributed by atoms with E-state index in [9.17, 15) is 8.42 Å². The lowest BCUT2D eigenvalue weighted by atomic mass is 10.1. The van der Waals surface area contributed by atoms with Crippen LogP contribution in [0.15, 0.2) is 53.6 Å². The van der Waals surface area contributed by atoms with E-state index in [2.05, 4.69) is 32.3 Å². The first-order valence-corrected chi connectivity index (χ1v) is 10.6. The van der Waals surface area contributed by atoms with Crippen molar-refractivity contribution in [2.45, 2.75) is 31.6 Å². The number of anilines is 2. The highest BCUT2D eigenvalue weighted by atomic mass is 32.2. The van der Waals surface area contributed by atoms with Gasteiger partial charge in [-0.15, -0.1) is 0 Å². The van der Waals surface area contributed by atoms with Crippen LogP contribution in [0.1, 0.15) is 23.4 Å². The van der Waals surface area contributed by atoms with Crippen LogP contribution in [0.2, 0.25) is 0 Å². The van der Waals surface area contributed by atoms with Crippen molar-refractivity contribution >= 4 is 21.5 Å². The molecule has 0 atom stereocenters. The van der Waals surface area contributed by atoms with Crippen molar-refractivity contribution in [2.75, 3.05) is 16.6 Å². The average Bonchev–Trinajstić information content (AvgIpc) is 2.92. The first-order chi connectivity index (χ1) is 13.4. The van der Waals surface area contributed by atoms with Crippen molar-refractivity contribution in [3.8, 4) is 0 Å². The maximum atomic E-state index is 12.6. The monoisotopic (exact) mass is 399 g/mol. The quantitative estimate of drug-likeness (QED) is 0.568. The van der Waals surface area contributed by atoms with Crippen molar-refractivity contribution in [3.05, 3.63) is 65.6 Å². The van der Waals surface area contributed by atoms with Gasteiger partial charge < -0.3 is 5.32 Å². The molecule has 0 radical (unpaired) electrons. The van der Waals surface area contributed by atoms with Crippen LogP contribution in [0, 0.1) is 13.8 Å². The minimum absolute atomic E-state index is 0.116. The Hall–Kier alpha value is -2.87. The largest absolute Gasteiger partial charge is 0.370 e. The van der Waals surface area contributed by atoms with Crippen LogP contribution in [-0.2, 0) is 23.5 Å². The fraction of sp³-hybridized carbons (Fsp3) is 0.300. The van der Waals surface area contributed by atoms with Crippen molar-refractivity contribution in [1.29, 1.82) is 0 Å². The van der Waals surface area contributed by atoms with Gasteiger partial charge in [0.1, 0.15) is 10.7 Å². The molecule has 8 heteroatoms. The highest BCUT2D eigenvalue weighted by molar-refractivity contribution is 7.92. The molecule has 0 amide bonds. The third-order valence-corrected chi connectivity index (χ3v) is 5.92. The van der Waals surface area contributed by atoms with Gasteiger partial charge >= 0.3 is 0 Å². The molecule has 0 aliphatic carbocycles. The Morgan fingerprint density at radius 1 is 1.07 bits per heavy atom. The van der Waals surface area contributed by atoms with E-state index in [1.807, 2.05) is 25.1 Å². The molecule has 3 rings (SSSR count). The standard InChI is InChI=1S/C20H25N5O2S/c1-15-20(16(2)25(3)23-15)24-28(26,27)18-11-12-19(22-14-18)21-13-7-10-17-8-5-4-6-9-17/h4-6,8-9,11-12,14,24H,7,10,13H2,1-3H3,(H,21,22). The number of aromatic nitrogens is 3. The minimum atomic E-state index is -3.72. The Kier molecular flexibility index (Phi) is 5.99. The number of nitrogens with one attached hydrogen (secondary N) is 2. The van der Waals surface area contributed by atoms with E-state index in [1.54, 1.807) is 30.8 Å². The molecule has 0 fully saturated rings. The Balaban J connectivity index is 1.58. The lowest BCUT2D eigenvalue weighted by molar-refractivity contribution is 0.600. The average molecular weight is 400 g/mol. The number of hydrogen-bond acceptors (Lipinski definition) is 5. The third kappa shape index (κ3) is 4.69. The molecule has 28 heavy (non-hydrogen) atoms. The Bertz CT molecular complexity index is 1030. The first-order valence-electron chi connectivity index (χ1n) is 9.13. The lowest BCUT2D eigenvalue weighted by Crippen LogP contribution is -2.15. The van der Waals surface area contributed by atoms with Gasteiger partial charge in [0.2, 0.25) is 0 Å². The summed E-state index contributed by atoms with van der Waals surface area (Å²) in [5.74, 6) is 0.653. The normalized spacial score (nSPS) is 11.4. The summed E-state index contributed by atoms with van der Waals surface area (Å²) in [5.41, 5.74) is 3.19. The van der Waals surface area contributed by atoms with Crippen LogP contribution < -0.4 is 10.0 Å². The zero-order valence-electron chi connectivity index (χ0n) is 16.3. The van der Waals surface area contributed by atoms with Crippen molar-refractivity contribution < 1.29 is 8.42 Å². The van der Waals surface area contributed by atoms with Crippen molar-refractivity contribution in [3.63, 3.8) is 0 Å². The molecule has 0 aliphatic rings. The molecule has 0 unspecified atom stereocenters. The second-order valence-corrected chi connectivity index (χ2v) is 8.35. The van der Waals surface area contributed by atoms with E-state index in [1.165, 1.54) is 11.8 Å². The van der Waals surface area contributed by atoms with E-state index < -0.39 is 10.0 Å². The summed E-state index contributed by atoms with van der Waals surface area (Å²) >= 11 is 0. The van der Waals surface area contributed by atoms with Gasteiger partial charge in [0, 0.05) is 19.8 Å². The molecule has 0 bridgehead atoms. The van der Waals surface area contributed by atoms with Crippen molar-refractivity contribution in [2.24, 2.45) is 7.05 Å². The Morgan fingerprint density at radius 2 is 1.82 bits per heavy atom. The second kappa shape index (κ2) is 8.43. The Labute approximate surface area is 165 Å². The van der Waals surface area contributed by atoms with Gasteiger partial charge in [-0.1, -0.05) is 30.3 Å². The smallest absolute Gasteiger partial charge is 0.263 e. The molecule has 148 valence electrons. The maximum absolute atomic E-state index is 12.6. The van der Waals surface area contributed by atoms with Gasteiger partial charge in [0.25, 0.3) is 10.0 Å². The molecule has 3 aromatic rings. The van der Waals surface area contributed by atoms with E-state index >= 15 is 0 Å². The highest BCUT2D eigenvalue weighted by Gasteiger charge is 2.19. The number of sulfonamides is 1. The third-order valence-electron chi connectivity index (χ3n) is 4.58. The fourth-order valence-electron chi connectivity index (χ4n) is 2.91. The molecular formula is C20H25N5O2S. The van der Waals surface area contributed by atoms with Crippen LogP contribution >= 0.6 is 0 Å². The predicted octanol–water partition coefficient (Wildman–Crippen LogP) is 3.28. The molecule has 0 saturated carbocycles. The highest BCUT2D eigenvalue weighted by Crippen LogP contribution is 2.22. The zero-order valence-corrected chi connectivity index (χ0v) is 17.1. The van der Waals surface area contributed by atoms with Gasteiger partial charge in [0.15, 0.2) is 0 Å². The molecule has 1 aromatic carbocycles. The van der Waals surface area contributed by atoms with Gasteiger partial charge in [-0.25, -0.2) is 13.4 Å². The number of nitrogens with zero attached hydrogens (tertiary/aromatic N) is 3. The molecule has 2 N–H and O–H groups in total. The van der Waals surface area contributed by atoms with Gasteiger partial charge in [-0.2, -0.15) is 5.10 Å². The first kappa shape index (κ1) is 19.9. The predicted molar refractivity (Wildman–Crippen MR) is 111 cm³/mol. The maximum Gasteiger partial charge on any atom is 0.263 e. The zero-order chi connectivity index (χ0) is 20.1. The summed E-state index contributed by atoms with van der Waals surface area (Å²) in [5, 5.41) is 7.46. The number of aryl methyl sites for hydroxylation is 3.